The summed E-state index contributed by atoms with van der Waals surface area (Å²) in [5.41, 5.74) is 7.30. The van der Waals surface area contributed by atoms with Crippen molar-refractivity contribution >= 4 is 33.6 Å². The van der Waals surface area contributed by atoms with Gasteiger partial charge in [-0.3, -0.25) is 24.5 Å². The zero-order valence-electron chi connectivity index (χ0n) is 19.9. The second kappa shape index (κ2) is 7.96. The molecule has 37 heavy (non-hydrogen) atoms. The summed E-state index contributed by atoms with van der Waals surface area (Å²) >= 11 is 0. The summed E-state index contributed by atoms with van der Waals surface area (Å²) in [5.74, 6) is -0.592. The Hall–Kier alpha value is -5.10. The molecule has 0 spiro atoms. The van der Waals surface area contributed by atoms with Gasteiger partial charge in [-0.15, -0.1) is 0 Å². The van der Waals surface area contributed by atoms with E-state index in [-0.39, 0.29) is 11.8 Å². The molecule has 0 radical (unpaired) electrons. The normalized spacial score (nSPS) is 13.1. The number of amides is 2. The summed E-state index contributed by atoms with van der Waals surface area (Å²) in [6.45, 7) is 0. The van der Waals surface area contributed by atoms with E-state index < -0.39 is 0 Å². The Morgan fingerprint density at radius 1 is 0.595 bits per heavy atom. The third-order valence-electron chi connectivity index (χ3n) is 7.09. The van der Waals surface area contributed by atoms with Crippen molar-refractivity contribution in [3.63, 3.8) is 0 Å². The number of carbonyl (C=O) groups excluding carboxylic acids is 2. The summed E-state index contributed by atoms with van der Waals surface area (Å²) in [4.78, 5) is 36.2. The zero-order valence-corrected chi connectivity index (χ0v) is 19.9. The third-order valence-corrected chi connectivity index (χ3v) is 7.09. The lowest BCUT2D eigenvalue weighted by atomic mass is 10.0. The lowest BCUT2D eigenvalue weighted by molar-refractivity contribution is 0.0693. The van der Waals surface area contributed by atoms with E-state index >= 15 is 0 Å². The minimum Gasteiger partial charge on any atom is -0.307 e. The van der Waals surface area contributed by atoms with Crippen LogP contribution >= 0.6 is 0 Å². The quantitative estimate of drug-likeness (QED) is 0.286. The van der Waals surface area contributed by atoms with Crippen LogP contribution in [0.3, 0.4) is 0 Å². The summed E-state index contributed by atoms with van der Waals surface area (Å²) in [5, 5.41) is 2.09. The maximum absolute atomic E-state index is 13.4. The molecule has 176 valence electrons. The van der Waals surface area contributed by atoms with Crippen LogP contribution in [0.4, 0.5) is 0 Å². The molecule has 0 fully saturated rings. The van der Waals surface area contributed by atoms with Crippen LogP contribution in [0.2, 0.25) is 0 Å². The standard InChI is InChI=1S/C31H20N4O2/c1-34-30(36)25-13-4-14-26(27(25)31(34)37)35-28-21(19-7-5-15-32-17-19)9-2-11-23(28)24-12-3-10-22(29(24)35)20-8-6-16-33-18-20/h2-18H,1H3. The fourth-order valence-corrected chi connectivity index (χ4v) is 5.44. The van der Waals surface area contributed by atoms with Crippen LogP contribution in [0.15, 0.2) is 104 Å². The van der Waals surface area contributed by atoms with Gasteiger partial charge < -0.3 is 4.57 Å². The van der Waals surface area contributed by atoms with Crippen molar-refractivity contribution < 1.29 is 9.59 Å². The smallest absolute Gasteiger partial charge is 0.263 e. The van der Waals surface area contributed by atoms with Gasteiger partial charge in [0.25, 0.3) is 11.8 Å². The van der Waals surface area contributed by atoms with E-state index in [9.17, 15) is 9.59 Å². The maximum Gasteiger partial charge on any atom is 0.263 e. The average molecular weight is 481 g/mol. The Balaban J connectivity index is 1.71. The predicted octanol–water partition coefficient (Wildman–Crippen LogP) is 6.13. The first-order valence-corrected chi connectivity index (χ1v) is 12.0. The minimum absolute atomic E-state index is 0.289. The summed E-state index contributed by atoms with van der Waals surface area (Å²) in [6, 6.07) is 25.8. The highest BCUT2D eigenvalue weighted by Gasteiger charge is 2.36. The van der Waals surface area contributed by atoms with Crippen molar-refractivity contribution in [2.45, 2.75) is 0 Å². The van der Waals surface area contributed by atoms with Gasteiger partial charge in [0, 0.05) is 64.9 Å². The molecule has 6 nitrogen and oxygen atoms in total. The van der Waals surface area contributed by atoms with E-state index in [1.165, 1.54) is 11.9 Å². The van der Waals surface area contributed by atoms with E-state index in [1.54, 1.807) is 18.5 Å². The fraction of sp³-hybridized carbons (Fsp3) is 0.0323. The third kappa shape index (κ3) is 2.99. The molecule has 0 unspecified atom stereocenters. The number of para-hydroxylation sites is 2. The van der Waals surface area contributed by atoms with E-state index in [4.69, 9.17) is 0 Å². The molecule has 3 aromatic carbocycles. The van der Waals surface area contributed by atoms with E-state index in [0.29, 0.717) is 16.8 Å². The molecule has 0 bridgehead atoms. The molecule has 0 atom stereocenters. The number of pyridine rings is 2. The zero-order chi connectivity index (χ0) is 25.1. The Labute approximate surface area is 212 Å². The number of nitrogens with zero attached hydrogens (tertiary/aromatic N) is 4. The van der Waals surface area contributed by atoms with Crippen LogP contribution in [0.25, 0.3) is 49.7 Å². The van der Waals surface area contributed by atoms with Crippen molar-refractivity contribution in [1.29, 1.82) is 0 Å². The van der Waals surface area contributed by atoms with Gasteiger partial charge in [0.2, 0.25) is 0 Å². The molecule has 1 aliphatic heterocycles. The van der Waals surface area contributed by atoms with Crippen LogP contribution in [0.1, 0.15) is 20.7 Å². The molecule has 0 N–H and O–H groups in total. The largest absolute Gasteiger partial charge is 0.307 e. The number of rotatable bonds is 3. The SMILES string of the molecule is CN1C(=O)c2cccc(-n3c4c(-c5cccnc5)cccc4c4cccc(-c5cccnc5)c43)c2C1=O. The first kappa shape index (κ1) is 21.2. The van der Waals surface area contributed by atoms with Gasteiger partial charge in [0.1, 0.15) is 0 Å². The predicted molar refractivity (Wildman–Crippen MR) is 144 cm³/mol. The summed E-state index contributed by atoms with van der Waals surface area (Å²) in [6.07, 6.45) is 7.20. The highest BCUT2D eigenvalue weighted by Crippen LogP contribution is 2.43. The van der Waals surface area contributed by atoms with Crippen LogP contribution in [-0.2, 0) is 0 Å². The topological polar surface area (TPSA) is 68.1 Å². The van der Waals surface area contributed by atoms with Gasteiger partial charge in [-0.05, 0) is 24.3 Å². The van der Waals surface area contributed by atoms with E-state index in [0.717, 1.165) is 44.1 Å². The molecule has 0 saturated carbocycles. The van der Waals surface area contributed by atoms with Crippen LogP contribution in [0.5, 0.6) is 0 Å². The molecule has 3 aromatic heterocycles. The van der Waals surface area contributed by atoms with Crippen molar-refractivity contribution in [1.82, 2.24) is 19.4 Å². The highest BCUT2D eigenvalue weighted by atomic mass is 16.2. The fourth-order valence-electron chi connectivity index (χ4n) is 5.44. The van der Waals surface area contributed by atoms with Crippen molar-refractivity contribution in [2.24, 2.45) is 0 Å². The number of imide groups is 1. The van der Waals surface area contributed by atoms with E-state index in [1.807, 2.05) is 60.9 Å². The average Bonchev–Trinajstić information content (AvgIpc) is 3.41. The molecule has 2 amide bonds. The Morgan fingerprint density at radius 3 is 1.68 bits per heavy atom. The molecular formula is C31H20N4O2. The molecule has 4 heterocycles. The van der Waals surface area contributed by atoms with E-state index in [2.05, 4.69) is 38.8 Å². The van der Waals surface area contributed by atoms with Crippen molar-refractivity contribution in [3.8, 4) is 27.9 Å². The maximum atomic E-state index is 13.4. The minimum atomic E-state index is -0.302. The lowest BCUT2D eigenvalue weighted by Crippen LogP contribution is -2.24. The van der Waals surface area contributed by atoms with Crippen LogP contribution in [-0.4, -0.2) is 38.3 Å². The summed E-state index contributed by atoms with van der Waals surface area (Å²) in [7, 11) is 1.53. The van der Waals surface area contributed by atoms with Gasteiger partial charge >= 0.3 is 0 Å². The molecule has 7 rings (SSSR count). The van der Waals surface area contributed by atoms with Crippen molar-refractivity contribution in [2.75, 3.05) is 7.05 Å². The molecule has 0 aliphatic carbocycles. The molecule has 6 heteroatoms. The molecule has 0 saturated heterocycles. The first-order chi connectivity index (χ1) is 18.1. The first-order valence-electron chi connectivity index (χ1n) is 12.0. The number of carbonyl (C=O) groups is 2. The van der Waals surface area contributed by atoms with Gasteiger partial charge in [-0.25, -0.2) is 0 Å². The highest BCUT2D eigenvalue weighted by molar-refractivity contribution is 6.24. The number of hydrogen-bond donors (Lipinski definition) is 0. The Morgan fingerprint density at radius 2 is 1.14 bits per heavy atom. The number of fused-ring (bicyclic) bond motifs is 4. The summed E-state index contributed by atoms with van der Waals surface area (Å²) < 4.78 is 2.14. The molecule has 6 aromatic rings. The van der Waals surface area contributed by atoms with Gasteiger partial charge in [0.05, 0.1) is 27.8 Å². The monoisotopic (exact) mass is 480 g/mol. The molecule has 1 aliphatic rings. The number of hydrogen-bond acceptors (Lipinski definition) is 4. The lowest BCUT2D eigenvalue weighted by Gasteiger charge is -2.16. The van der Waals surface area contributed by atoms with Gasteiger partial charge in [0.15, 0.2) is 0 Å². The second-order valence-electron chi connectivity index (χ2n) is 9.09. The van der Waals surface area contributed by atoms with Gasteiger partial charge in [-0.2, -0.15) is 0 Å². The number of aromatic nitrogens is 3. The van der Waals surface area contributed by atoms with Crippen LogP contribution in [0, 0.1) is 0 Å². The van der Waals surface area contributed by atoms with Crippen molar-refractivity contribution in [3.05, 3.63) is 115 Å². The van der Waals surface area contributed by atoms with Crippen LogP contribution < -0.4 is 0 Å². The second-order valence-corrected chi connectivity index (χ2v) is 9.09. The Bertz CT molecular complexity index is 1780. The Kier molecular flexibility index (Phi) is 4.56. The van der Waals surface area contributed by atoms with Gasteiger partial charge in [-0.1, -0.05) is 54.6 Å². The molecular weight excluding hydrogens is 460 g/mol. The number of benzene rings is 3.